The third-order valence-electron chi connectivity index (χ3n) is 2.79. The van der Waals surface area contributed by atoms with Crippen LogP contribution in [0.15, 0.2) is 6.20 Å². The second-order valence-electron chi connectivity index (χ2n) is 4.07. The monoisotopic (exact) mass is 191 g/mol. The summed E-state index contributed by atoms with van der Waals surface area (Å²) in [5.74, 6) is 1.86. The van der Waals surface area contributed by atoms with Gasteiger partial charge in [-0.1, -0.05) is 12.8 Å². The highest BCUT2D eigenvalue weighted by atomic mass is 15.0. The standard InChI is InChI=1S/C11H17N3/c1-8-7-12-9(2)13-11(8)14-10-5-3-4-6-10/h7,10H,3-6H2,1-2H3,(H,12,13,14). The van der Waals surface area contributed by atoms with Crippen molar-refractivity contribution in [2.24, 2.45) is 0 Å². The van der Waals surface area contributed by atoms with Crippen LogP contribution in [0.5, 0.6) is 0 Å². The largest absolute Gasteiger partial charge is 0.367 e. The van der Waals surface area contributed by atoms with E-state index >= 15 is 0 Å². The second-order valence-corrected chi connectivity index (χ2v) is 4.07. The minimum Gasteiger partial charge on any atom is -0.367 e. The SMILES string of the molecule is Cc1ncc(C)c(NC2CCCC2)n1. The number of aryl methyl sites for hydroxylation is 2. The van der Waals surface area contributed by atoms with Gasteiger partial charge in [-0.2, -0.15) is 0 Å². The van der Waals surface area contributed by atoms with Gasteiger partial charge in [0.15, 0.2) is 0 Å². The van der Waals surface area contributed by atoms with Crippen molar-refractivity contribution in [2.75, 3.05) is 5.32 Å². The molecular weight excluding hydrogens is 174 g/mol. The summed E-state index contributed by atoms with van der Waals surface area (Å²) in [6.45, 7) is 3.98. The van der Waals surface area contributed by atoms with E-state index < -0.39 is 0 Å². The first kappa shape index (κ1) is 9.44. The Morgan fingerprint density at radius 2 is 2.00 bits per heavy atom. The molecule has 1 N–H and O–H groups in total. The lowest BCUT2D eigenvalue weighted by Crippen LogP contribution is -2.16. The van der Waals surface area contributed by atoms with Crippen molar-refractivity contribution in [3.63, 3.8) is 0 Å². The maximum atomic E-state index is 4.41. The van der Waals surface area contributed by atoms with E-state index in [0.717, 1.165) is 17.2 Å². The molecule has 3 nitrogen and oxygen atoms in total. The van der Waals surface area contributed by atoms with Crippen LogP contribution in [0.4, 0.5) is 5.82 Å². The van der Waals surface area contributed by atoms with Gasteiger partial charge in [-0.25, -0.2) is 9.97 Å². The molecule has 0 aromatic carbocycles. The van der Waals surface area contributed by atoms with E-state index in [9.17, 15) is 0 Å². The van der Waals surface area contributed by atoms with Crippen LogP contribution in [0.2, 0.25) is 0 Å². The average Bonchev–Trinajstić information content (AvgIpc) is 2.64. The average molecular weight is 191 g/mol. The molecule has 1 aromatic rings. The van der Waals surface area contributed by atoms with Gasteiger partial charge < -0.3 is 5.32 Å². The molecule has 14 heavy (non-hydrogen) atoms. The number of anilines is 1. The minimum absolute atomic E-state index is 0.628. The number of hydrogen-bond donors (Lipinski definition) is 1. The van der Waals surface area contributed by atoms with Crippen molar-refractivity contribution in [1.29, 1.82) is 0 Å². The molecule has 0 amide bonds. The summed E-state index contributed by atoms with van der Waals surface area (Å²) in [5.41, 5.74) is 1.14. The number of nitrogens with zero attached hydrogens (tertiary/aromatic N) is 2. The first-order valence-corrected chi connectivity index (χ1v) is 5.32. The molecular formula is C11H17N3. The topological polar surface area (TPSA) is 37.8 Å². The number of rotatable bonds is 2. The lowest BCUT2D eigenvalue weighted by molar-refractivity contribution is 0.746. The molecule has 0 saturated heterocycles. The highest BCUT2D eigenvalue weighted by Crippen LogP contribution is 2.22. The smallest absolute Gasteiger partial charge is 0.132 e. The second kappa shape index (κ2) is 3.95. The van der Waals surface area contributed by atoms with Gasteiger partial charge in [0, 0.05) is 17.8 Å². The Hall–Kier alpha value is -1.12. The van der Waals surface area contributed by atoms with E-state index in [1.54, 1.807) is 0 Å². The van der Waals surface area contributed by atoms with E-state index in [4.69, 9.17) is 0 Å². The van der Waals surface area contributed by atoms with Crippen molar-refractivity contribution in [1.82, 2.24) is 9.97 Å². The fraction of sp³-hybridized carbons (Fsp3) is 0.636. The van der Waals surface area contributed by atoms with Crippen molar-refractivity contribution < 1.29 is 0 Å². The molecule has 3 heteroatoms. The van der Waals surface area contributed by atoms with Crippen LogP contribution in [-0.2, 0) is 0 Å². The fourth-order valence-corrected chi connectivity index (χ4v) is 1.94. The Bertz CT molecular complexity index is 316. The van der Waals surface area contributed by atoms with Gasteiger partial charge in [0.05, 0.1) is 0 Å². The van der Waals surface area contributed by atoms with Gasteiger partial charge >= 0.3 is 0 Å². The fourth-order valence-electron chi connectivity index (χ4n) is 1.94. The summed E-state index contributed by atoms with van der Waals surface area (Å²) in [6, 6.07) is 0.628. The molecule has 0 bridgehead atoms. The molecule has 1 aliphatic carbocycles. The summed E-state index contributed by atoms with van der Waals surface area (Å²) in [4.78, 5) is 8.58. The number of hydrogen-bond acceptors (Lipinski definition) is 3. The Labute approximate surface area is 85.0 Å². The predicted octanol–water partition coefficient (Wildman–Crippen LogP) is 2.45. The lowest BCUT2D eigenvalue weighted by atomic mass is 10.2. The summed E-state index contributed by atoms with van der Waals surface area (Å²) in [7, 11) is 0. The Morgan fingerprint density at radius 3 is 2.71 bits per heavy atom. The van der Waals surface area contributed by atoms with Crippen LogP contribution in [0.25, 0.3) is 0 Å². The molecule has 0 radical (unpaired) electrons. The highest BCUT2D eigenvalue weighted by Gasteiger charge is 2.15. The molecule has 0 atom stereocenters. The summed E-state index contributed by atoms with van der Waals surface area (Å²) < 4.78 is 0. The molecule has 1 aliphatic rings. The maximum Gasteiger partial charge on any atom is 0.132 e. The molecule has 1 heterocycles. The van der Waals surface area contributed by atoms with E-state index in [1.807, 2.05) is 13.1 Å². The molecule has 0 aliphatic heterocycles. The summed E-state index contributed by atoms with van der Waals surface area (Å²) >= 11 is 0. The quantitative estimate of drug-likeness (QED) is 0.780. The Morgan fingerprint density at radius 1 is 1.29 bits per heavy atom. The highest BCUT2D eigenvalue weighted by molar-refractivity contribution is 5.42. The Kier molecular flexibility index (Phi) is 2.66. The van der Waals surface area contributed by atoms with Gasteiger partial charge in [-0.05, 0) is 26.7 Å². The molecule has 76 valence electrons. The van der Waals surface area contributed by atoms with Crippen LogP contribution in [0.3, 0.4) is 0 Å². The zero-order valence-corrected chi connectivity index (χ0v) is 8.88. The van der Waals surface area contributed by atoms with Crippen LogP contribution >= 0.6 is 0 Å². The molecule has 2 rings (SSSR count). The third kappa shape index (κ3) is 2.03. The van der Waals surface area contributed by atoms with Gasteiger partial charge in [0.2, 0.25) is 0 Å². The van der Waals surface area contributed by atoms with Crippen LogP contribution < -0.4 is 5.32 Å². The van der Waals surface area contributed by atoms with E-state index in [-0.39, 0.29) is 0 Å². The minimum atomic E-state index is 0.628. The maximum absolute atomic E-state index is 4.41. The van der Waals surface area contributed by atoms with Crippen LogP contribution in [0, 0.1) is 13.8 Å². The zero-order valence-electron chi connectivity index (χ0n) is 8.88. The number of aromatic nitrogens is 2. The lowest BCUT2D eigenvalue weighted by Gasteiger charge is -2.14. The first-order valence-electron chi connectivity index (χ1n) is 5.32. The first-order chi connectivity index (χ1) is 6.75. The van der Waals surface area contributed by atoms with Gasteiger partial charge in [0.1, 0.15) is 11.6 Å². The summed E-state index contributed by atoms with van der Waals surface area (Å²) in [6.07, 6.45) is 7.14. The third-order valence-corrected chi connectivity index (χ3v) is 2.79. The van der Waals surface area contributed by atoms with E-state index in [0.29, 0.717) is 6.04 Å². The van der Waals surface area contributed by atoms with Gasteiger partial charge in [0.25, 0.3) is 0 Å². The molecule has 1 fully saturated rings. The van der Waals surface area contributed by atoms with Crippen molar-refractivity contribution in [2.45, 2.75) is 45.6 Å². The van der Waals surface area contributed by atoms with Gasteiger partial charge in [-0.3, -0.25) is 0 Å². The molecule has 0 unspecified atom stereocenters. The van der Waals surface area contributed by atoms with Crippen LogP contribution in [0.1, 0.15) is 37.1 Å². The van der Waals surface area contributed by atoms with E-state index in [2.05, 4.69) is 22.2 Å². The molecule has 1 saturated carbocycles. The summed E-state index contributed by atoms with van der Waals surface area (Å²) in [5, 5.41) is 3.50. The predicted molar refractivity (Wildman–Crippen MR) is 57.4 cm³/mol. The van der Waals surface area contributed by atoms with Crippen molar-refractivity contribution in [3.05, 3.63) is 17.6 Å². The van der Waals surface area contributed by atoms with Crippen LogP contribution in [-0.4, -0.2) is 16.0 Å². The molecule has 0 spiro atoms. The van der Waals surface area contributed by atoms with Crippen molar-refractivity contribution >= 4 is 5.82 Å². The Balaban J connectivity index is 2.10. The molecule has 1 aromatic heterocycles. The normalized spacial score (nSPS) is 17.3. The number of nitrogens with one attached hydrogen (secondary N) is 1. The zero-order chi connectivity index (χ0) is 9.97. The van der Waals surface area contributed by atoms with Gasteiger partial charge in [-0.15, -0.1) is 0 Å². The van der Waals surface area contributed by atoms with E-state index in [1.165, 1.54) is 25.7 Å². The van der Waals surface area contributed by atoms with Crippen molar-refractivity contribution in [3.8, 4) is 0 Å².